The van der Waals surface area contributed by atoms with Crippen LogP contribution in [0.2, 0.25) is 5.02 Å². The summed E-state index contributed by atoms with van der Waals surface area (Å²) in [7, 11) is 0. The predicted molar refractivity (Wildman–Crippen MR) is 71.6 cm³/mol. The molecule has 0 aliphatic heterocycles. The highest BCUT2D eigenvalue weighted by Crippen LogP contribution is 2.31. The first-order chi connectivity index (χ1) is 8.40. The van der Waals surface area contributed by atoms with Crippen molar-refractivity contribution in [3.05, 3.63) is 27.2 Å². The first kappa shape index (κ1) is 14.8. The van der Waals surface area contributed by atoms with Crippen molar-refractivity contribution in [1.82, 2.24) is 5.32 Å². The largest absolute Gasteiger partial charge is 0.482 e. The van der Waals surface area contributed by atoms with Crippen molar-refractivity contribution < 1.29 is 14.3 Å². The number of aryl methyl sites for hydroxylation is 1. The molecule has 0 saturated carbocycles. The van der Waals surface area contributed by atoms with Crippen molar-refractivity contribution in [2.75, 3.05) is 13.2 Å². The average molecular weight is 336 g/mol. The van der Waals surface area contributed by atoms with Gasteiger partial charge >= 0.3 is 0 Å². The van der Waals surface area contributed by atoms with Crippen molar-refractivity contribution in [2.45, 2.75) is 6.92 Å². The van der Waals surface area contributed by atoms with Gasteiger partial charge in [-0.1, -0.05) is 27.5 Å². The van der Waals surface area contributed by atoms with Crippen molar-refractivity contribution in [2.24, 2.45) is 5.73 Å². The predicted octanol–water partition coefficient (Wildman–Crippen LogP) is 1.39. The molecular weight excluding hydrogens is 323 g/mol. The molecule has 0 spiro atoms. The number of nitrogens with one attached hydrogen (secondary N) is 1. The Morgan fingerprint density at radius 2 is 2.17 bits per heavy atom. The molecule has 0 bridgehead atoms. The van der Waals surface area contributed by atoms with Crippen LogP contribution in [0.25, 0.3) is 0 Å². The van der Waals surface area contributed by atoms with Gasteiger partial charge in [0.2, 0.25) is 5.91 Å². The van der Waals surface area contributed by atoms with Gasteiger partial charge in [-0.25, -0.2) is 0 Å². The summed E-state index contributed by atoms with van der Waals surface area (Å²) < 4.78 is 6.13. The Balaban J connectivity index is 2.58. The Hall–Kier alpha value is -1.27. The maximum atomic E-state index is 11.3. The van der Waals surface area contributed by atoms with Gasteiger partial charge in [-0.3, -0.25) is 9.59 Å². The summed E-state index contributed by atoms with van der Waals surface area (Å²) >= 11 is 9.28. The van der Waals surface area contributed by atoms with Gasteiger partial charge in [-0.15, -0.1) is 0 Å². The Bertz CT molecular complexity index is 456. The minimum Gasteiger partial charge on any atom is -0.482 e. The minimum atomic E-state index is -0.610. The molecule has 0 fully saturated rings. The molecular formula is C11H12BrClN2O3. The fourth-order valence-electron chi connectivity index (χ4n) is 1.25. The minimum absolute atomic E-state index is 0.213. The number of nitrogens with two attached hydrogens (primary N) is 1. The third-order valence-electron chi connectivity index (χ3n) is 2.00. The summed E-state index contributed by atoms with van der Waals surface area (Å²) in [5.41, 5.74) is 5.69. The van der Waals surface area contributed by atoms with Crippen LogP contribution in [0.1, 0.15) is 5.56 Å². The van der Waals surface area contributed by atoms with E-state index in [4.69, 9.17) is 22.1 Å². The average Bonchev–Trinajstić information content (AvgIpc) is 2.24. The topological polar surface area (TPSA) is 81.4 Å². The third kappa shape index (κ3) is 4.54. The fourth-order valence-corrected chi connectivity index (χ4v) is 2.27. The van der Waals surface area contributed by atoms with Crippen LogP contribution in [0.5, 0.6) is 5.75 Å². The zero-order valence-corrected chi connectivity index (χ0v) is 12.0. The molecule has 1 aromatic carbocycles. The second-order valence-electron chi connectivity index (χ2n) is 3.57. The molecule has 1 rings (SSSR count). The first-order valence-electron chi connectivity index (χ1n) is 5.03. The molecule has 0 atom stereocenters. The van der Waals surface area contributed by atoms with Crippen molar-refractivity contribution >= 4 is 39.3 Å². The van der Waals surface area contributed by atoms with E-state index in [1.165, 1.54) is 0 Å². The standard InChI is InChI=1S/C11H12BrClN2O3/c1-6-2-7(12)3-8(13)11(6)18-5-10(17)15-4-9(14)16/h2-3H,4-5H2,1H3,(H2,14,16)(H,15,17). The van der Waals surface area contributed by atoms with Crippen LogP contribution >= 0.6 is 27.5 Å². The molecule has 2 amide bonds. The number of carbonyl (C=O) groups excluding carboxylic acids is 2. The third-order valence-corrected chi connectivity index (χ3v) is 2.74. The lowest BCUT2D eigenvalue weighted by atomic mass is 10.2. The van der Waals surface area contributed by atoms with Crippen LogP contribution in [-0.2, 0) is 9.59 Å². The molecule has 1 aromatic rings. The number of benzene rings is 1. The van der Waals surface area contributed by atoms with Gasteiger partial charge in [0.05, 0.1) is 11.6 Å². The normalized spacial score (nSPS) is 9.94. The Morgan fingerprint density at radius 3 is 2.72 bits per heavy atom. The lowest BCUT2D eigenvalue weighted by Crippen LogP contribution is -2.36. The van der Waals surface area contributed by atoms with E-state index in [2.05, 4.69) is 21.2 Å². The second-order valence-corrected chi connectivity index (χ2v) is 4.89. The number of hydrogen-bond acceptors (Lipinski definition) is 3. The van der Waals surface area contributed by atoms with Gasteiger partial charge in [0.1, 0.15) is 5.75 Å². The van der Waals surface area contributed by atoms with Crippen LogP contribution in [0.4, 0.5) is 0 Å². The molecule has 0 heterocycles. The summed E-state index contributed by atoms with van der Waals surface area (Å²) in [4.78, 5) is 21.8. The number of halogens is 2. The quantitative estimate of drug-likeness (QED) is 0.853. The molecule has 0 unspecified atom stereocenters. The molecule has 3 N–H and O–H groups in total. The molecule has 0 aromatic heterocycles. The van der Waals surface area contributed by atoms with Crippen LogP contribution < -0.4 is 15.8 Å². The van der Waals surface area contributed by atoms with Crippen molar-refractivity contribution in [1.29, 1.82) is 0 Å². The van der Waals surface area contributed by atoms with E-state index < -0.39 is 11.8 Å². The fraction of sp³-hybridized carbons (Fsp3) is 0.273. The van der Waals surface area contributed by atoms with Gasteiger partial charge in [0, 0.05) is 4.47 Å². The Morgan fingerprint density at radius 1 is 1.50 bits per heavy atom. The maximum Gasteiger partial charge on any atom is 0.258 e. The van der Waals surface area contributed by atoms with Gasteiger partial charge < -0.3 is 15.8 Å². The van der Waals surface area contributed by atoms with E-state index in [0.717, 1.165) is 10.0 Å². The molecule has 7 heteroatoms. The molecule has 98 valence electrons. The summed E-state index contributed by atoms with van der Waals surface area (Å²) in [6.07, 6.45) is 0. The van der Waals surface area contributed by atoms with Gasteiger partial charge in [-0.05, 0) is 24.6 Å². The molecule has 5 nitrogen and oxygen atoms in total. The van der Waals surface area contributed by atoms with Crippen molar-refractivity contribution in [3.63, 3.8) is 0 Å². The van der Waals surface area contributed by atoms with Gasteiger partial charge in [0.15, 0.2) is 6.61 Å². The summed E-state index contributed by atoms with van der Waals surface area (Å²) in [5, 5.41) is 2.72. The molecule has 18 heavy (non-hydrogen) atoms. The highest BCUT2D eigenvalue weighted by atomic mass is 79.9. The van der Waals surface area contributed by atoms with E-state index >= 15 is 0 Å². The second kappa shape index (κ2) is 6.61. The molecule has 0 radical (unpaired) electrons. The van der Waals surface area contributed by atoms with E-state index in [0.29, 0.717) is 10.8 Å². The number of carbonyl (C=O) groups is 2. The zero-order chi connectivity index (χ0) is 13.7. The van der Waals surface area contributed by atoms with Crippen molar-refractivity contribution in [3.8, 4) is 5.75 Å². The van der Waals surface area contributed by atoms with Crippen LogP contribution in [0.3, 0.4) is 0 Å². The Kier molecular flexibility index (Phi) is 5.43. The lowest BCUT2D eigenvalue weighted by Gasteiger charge is -2.11. The molecule has 0 aliphatic rings. The number of ether oxygens (including phenoxy) is 1. The van der Waals surface area contributed by atoms with E-state index in [9.17, 15) is 9.59 Å². The molecule has 0 aliphatic carbocycles. The summed E-state index contributed by atoms with van der Waals surface area (Å²) in [6.45, 7) is 1.37. The van der Waals surface area contributed by atoms with E-state index in [-0.39, 0.29) is 13.2 Å². The SMILES string of the molecule is Cc1cc(Br)cc(Cl)c1OCC(=O)NCC(N)=O. The highest BCUT2D eigenvalue weighted by molar-refractivity contribution is 9.10. The maximum absolute atomic E-state index is 11.3. The van der Waals surface area contributed by atoms with Crippen LogP contribution in [0.15, 0.2) is 16.6 Å². The summed E-state index contributed by atoms with van der Waals surface area (Å²) in [5.74, 6) is -0.609. The number of primary amides is 1. The summed E-state index contributed by atoms with van der Waals surface area (Å²) in [6, 6.07) is 3.49. The van der Waals surface area contributed by atoms with Crippen LogP contribution in [-0.4, -0.2) is 25.0 Å². The van der Waals surface area contributed by atoms with E-state index in [1.807, 2.05) is 13.0 Å². The van der Waals surface area contributed by atoms with Crippen LogP contribution in [0, 0.1) is 6.92 Å². The zero-order valence-electron chi connectivity index (χ0n) is 9.63. The van der Waals surface area contributed by atoms with E-state index in [1.54, 1.807) is 6.07 Å². The van der Waals surface area contributed by atoms with Gasteiger partial charge in [0.25, 0.3) is 5.91 Å². The smallest absolute Gasteiger partial charge is 0.258 e. The van der Waals surface area contributed by atoms with Gasteiger partial charge in [-0.2, -0.15) is 0 Å². The number of rotatable bonds is 5. The lowest BCUT2D eigenvalue weighted by molar-refractivity contribution is -0.126. The Labute approximate surface area is 118 Å². The highest BCUT2D eigenvalue weighted by Gasteiger charge is 2.10. The number of hydrogen-bond donors (Lipinski definition) is 2. The monoisotopic (exact) mass is 334 g/mol. The molecule has 0 saturated heterocycles. The number of amides is 2. The first-order valence-corrected chi connectivity index (χ1v) is 6.20.